The van der Waals surface area contributed by atoms with E-state index in [0.717, 1.165) is 0 Å². The van der Waals surface area contributed by atoms with Gasteiger partial charge >= 0.3 is 15.6 Å². The average Bonchev–Trinajstić information content (AvgIpc) is 1.57. The molecule has 0 saturated heterocycles. The number of hydrogen-bond acceptors (Lipinski definition) is 4. The molecule has 8 nitrogen and oxygen atoms in total. The van der Waals surface area contributed by atoms with E-state index in [0.29, 0.717) is 0 Å². The monoisotopic (exact) mass is 194 g/mol. The summed E-state index contributed by atoms with van der Waals surface area (Å²) in [5.41, 5.74) is 0. The number of rotatable bonds is 3. The predicted octanol–water partition coefficient (Wildman–Crippen LogP) is -0.880. The molecule has 0 aliphatic rings. The van der Waals surface area contributed by atoms with Gasteiger partial charge in [-0.1, -0.05) is 0 Å². The molecule has 0 fully saturated rings. The van der Waals surface area contributed by atoms with Gasteiger partial charge < -0.3 is 19.6 Å². The van der Waals surface area contributed by atoms with Crippen LogP contribution in [0.1, 0.15) is 0 Å². The first kappa shape index (κ1) is 10.2. The van der Waals surface area contributed by atoms with Crippen molar-refractivity contribution in [2.75, 3.05) is 0 Å². The first-order valence-corrected chi connectivity index (χ1v) is 4.76. The van der Waals surface area contributed by atoms with Crippen LogP contribution in [-0.4, -0.2) is 19.6 Å². The molecule has 0 heterocycles. The summed E-state index contributed by atoms with van der Waals surface area (Å²) in [6.45, 7) is 0. The van der Waals surface area contributed by atoms with Crippen LogP contribution in [0.15, 0.2) is 0 Å². The second kappa shape index (κ2) is 3.08. The van der Waals surface area contributed by atoms with Crippen LogP contribution in [0, 0.1) is 0 Å². The van der Waals surface area contributed by atoms with Crippen LogP contribution in [0.4, 0.5) is 0 Å². The van der Waals surface area contributed by atoms with Crippen molar-refractivity contribution in [3.8, 4) is 0 Å². The van der Waals surface area contributed by atoms with Crippen molar-refractivity contribution in [3.05, 3.63) is 0 Å². The Hall–Kier alpha value is 0.220. The molecule has 0 aliphatic heterocycles. The topological polar surface area (TPSA) is 134 Å². The molecular weight excluding hydrogens is 190 g/mol. The van der Waals surface area contributed by atoms with E-state index in [1.807, 2.05) is 0 Å². The highest BCUT2D eigenvalue weighted by Gasteiger charge is 2.24. The summed E-state index contributed by atoms with van der Waals surface area (Å²) >= 11 is 0. The van der Waals surface area contributed by atoms with E-state index in [9.17, 15) is 9.13 Å². The Morgan fingerprint density at radius 2 is 1.00 bits per heavy atom. The van der Waals surface area contributed by atoms with Gasteiger partial charge in [0.25, 0.3) is 0 Å². The lowest BCUT2D eigenvalue weighted by atomic mass is 14.9. The highest BCUT2D eigenvalue weighted by molar-refractivity contribution is 7.48. The summed E-state index contributed by atoms with van der Waals surface area (Å²) in [6.07, 6.45) is 0. The predicted molar refractivity (Wildman–Crippen MR) is 26.3 cm³/mol. The molecule has 4 N–H and O–H groups in total. The third-order valence-corrected chi connectivity index (χ3v) is 0.883. The lowest BCUT2D eigenvalue weighted by Crippen LogP contribution is -1.89. The number of phosphoric acid groups is 2. The fraction of sp³-hybridized carbons (Fsp3) is 0. The summed E-state index contributed by atoms with van der Waals surface area (Å²) in [5, 5.41) is 0. The van der Waals surface area contributed by atoms with Gasteiger partial charge in [0.1, 0.15) is 0 Å². The molecule has 0 aromatic carbocycles. The molecule has 0 amide bonds. The Balaban J connectivity index is 3.79. The zero-order valence-electron chi connectivity index (χ0n) is 4.32. The van der Waals surface area contributed by atoms with Crippen LogP contribution in [0.25, 0.3) is 0 Å². The molecule has 0 aromatic rings. The Bertz CT molecular complexity index is 157. The molecule has 0 bridgehead atoms. The minimum absolute atomic E-state index is 3.00. The van der Waals surface area contributed by atoms with E-state index in [1.54, 1.807) is 0 Å². The largest absolute Gasteiger partial charge is 0.497 e. The first-order chi connectivity index (χ1) is 4.21. The van der Waals surface area contributed by atoms with Crippen LogP contribution in [0.2, 0.25) is 0 Å². The normalized spacial score (nSPS) is 13.6. The van der Waals surface area contributed by atoms with Crippen molar-refractivity contribution in [1.82, 2.24) is 0 Å². The maximum Gasteiger partial charge on any atom is 0.497 e. The summed E-state index contributed by atoms with van der Waals surface area (Å²) in [7, 11) is -9.95. The summed E-state index contributed by atoms with van der Waals surface area (Å²) in [5.74, 6) is 0. The van der Waals surface area contributed by atoms with Crippen molar-refractivity contribution in [3.63, 3.8) is 0 Å². The molecule has 0 aliphatic carbocycles. The van der Waals surface area contributed by atoms with Gasteiger partial charge in [-0.25, -0.2) is 9.13 Å². The van der Waals surface area contributed by atoms with Gasteiger partial charge in [-0.3, -0.25) is 0 Å². The average molecular weight is 194 g/mol. The maximum absolute atomic E-state index is 9.68. The van der Waals surface area contributed by atoms with Gasteiger partial charge in [0, 0.05) is 0 Å². The van der Waals surface area contributed by atoms with Crippen LogP contribution >= 0.6 is 15.6 Å². The molecule has 0 radical (unpaired) electrons. The molecule has 10 heteroatoms. The zero-order valence-corrected chi connectivity index (χ0v) is 6.11. The third kappa shape index (κ3) is 8.22. The van der Waals surface area contributed by atoms with Crippen LogP contribution in [-0.2, 0) is 18.5 Å². The fourth-order valence-electron chi connectivity index (χ4n) is 0.0868. The Morgan fingerprint density at radius 3 is 1.10 bits per heavy atom. The van der Waals surface area contributed by atoms with Crippen LogP contribution in [0.5, 0.6) is 0 Å². The van der Waals surface area contributed by atoms with Gasteiger partial charge in [-0.2, -0.15) is 0 Å². The van der Waals surface area contributed by atoms with E-state index in [-0.39, 0.29) is 0 Å². The Kier molecular flexibility index (Phi) is 3.15. The summed E-state index contributed by atoms with van der Waals surface area (Å²) in [6, 6.07) is 0. The van der Waals surface area contributed by atoms with E-state index < -0.39 is 15.6 Å². The van der Waals surface area contributed by atoms with E-state index in [2.05, 4.69) is 9.35 Å². The molecule has 10 heavy (non-hydrogen) atoms. The second-order valence-electron chi connectivity index (χ2n) is 1.13. The van der Waals surface area contributed by atoms with Crippen LogP contribution in [0.3, 0.4) is 0 Å². The van der Waals surface area contributed by atoms with E-state index in [1.165, 1.54) is 0 Å². The lowest BCUT2D eigenvalue weighted by molar-refractivity contribution is -0.142. The minimum atomic E-state index is -4.98. The molecular formula is H4O8P2. The molecule has 0 saturated carbocycles. The Morgan fingerprint density at radius 1 is 0.800 bits per heavy atom. The van der Waals surface area contributed by atoms with Gasteiger partial charge in [0.05, 0.1) is 0 Å². The SMILES string of the molecule is O=P(O)(O)OOP(=O)(O)O. The first-order valence-electron chi connectivity index (χ1n) is 1.70. The van der Waals surface area contributed by atoms with Gasteiger partial charge in [-0.05, 0) is 0 Å². The second-order valence-corrected chi connectivity index (χ2v) is 3.39. The highest BCUT2D eigenvalue weighted by Crippen LogP contribution is 2.45. The van der Waals surface area contributed by atoms with Crippen molar-refractivity contribution in [2.24, 2.45) is 0 Å². The maximum atomic E-state index is 9.68. The summed E-state index contributed by atoms with van der Waals surface area (Å²) in [4.78, 5) is 31.2. The third-order valence-electron chi connectivity index (χ3n) is 0.228. The molecule has 0 aromatic heterocycles. The zero-order chi connectivity index (χ0) is 8.41. The number of hydrogen-bond donors (Lipinski definition) is 4. The quantitative estimate of drug-likeness (QED) is 0.258. The standard InChI is InChI=1S/H4O8P2/c1-9(2,3)7-8-10(4,5)6/h(H2,1,2,3)(H2,4,5,6). The minimum Gasteiger partial charge on any atom is -0.301 e. The van der Waals surface area contributed by atoms with Gasteiger partial charge in [0.2, 0.25) is 0 Å². The molecule has 0 unspecified atom stereocenters. The van der Waals surface area contributed by atoms with Crippen molar-refractivity contribution < 1.29 is 38.1 Å². The van der Waals surface area contributed by atoms with Crippen molar-refractivity contribution in [2.45, 2.75) is 0 Å². The molecule has 0 atom stereocenters. The van der Waals surface area contributed by atoms with Crippen LogP contribution < -0.4 is 0 Å². The molecule has 62 valence electrons. The highest BCUT2D eigenvalue weighted by atomic mass is 31.2. The van der Waals surface area contributed by atoms with Gasteiger partial charge in [-0.15, -0.1) is 9.35 Å². The lowest BCUT2D eigenvalue weighted by Gasteiger charge is -2.03. The molecule has 0 rings (SSSR count). The van der Waals surface area contributed by atoms with E-state index >= 15 is 0 Å². The smallest absolute Gasteiger partial charge is 0.301 e. The van der Waals surface area contributed by atoms with Crippen molar-refractivity contribution >= 4 is 15.6 Å². The van der Waals surface area contributed by atoms with E-state index in [4.69, 9.17) is 19.6 Å². The van der Waals surface area contributed by atoms with Gasteiger partial charge in [0.15, 0.2) is 0 Å². The summed E-state index contributed by atoms with van der Waals surface area (Å²) < 4.78 is 25.4. The Labute approximate surface area is 54.8 Å². The fourth-order valence-corrected chi connectivity index (χ4v) is 0.782. The molecule has 0 spiro atoms. The van der Waals surface area contributed by atoms with Crippen molar-refractivity contribution in [1.29, 1.82) is 0 Å².